The second-order valence-electron chi connectivity index (χ2n) is 6.76. The van der Waals surface area contributed by atoms with Crippen molar-refractivity contribution in [1.82, 2.24) is 19.3 Å². The zero-order valence-corrected chi connectivity index (χ0v) is 16.5. The molecule has 0 aliphatic rings. The van der Waals surface area contributed by atoms with Gasteiger partial charge in [0.2, 0.25) is 0 Å². The molecule has 0 saturated heterocycles. The van der Waals surface area contributed by atoms with E-state index in [1.54, 1.807) is 60.1 Å². The second kappa shape index (κ2) is 6.96. The van der Waals surface area contributed by atoms with Crippen LogP contribution in [-0.2, 0) is 0 Å². The van der Waals surface area contributed by atoms with Gasteiger partial charge in [0, 0.05) is 5.02 Å². The van der Waals surface area contributed by atoms with Crippen LogP contribution in [0.3, 0.4) is 0 Å². The molecule has 3 heterocycles. The van der Waals surface area contributed by atoms with Gasteiger partial charge in [-0.3, -0.25) is 9.36 Å². The molecular formula is C22H14ClFN4O2. The lowest BCUT2D eigenvalue weighted by Crippen LogP contribution is -2.22. The predicted molar refractivity (Wildman–Crippen MR) is 112 cm³/mol. The van der Waals surface area contributed by atoms with E-state index in [0.29, 0.717) is 38.8 Å². The Morgan fingerprint density at radius 2 is 1.83 bits per heavy atom. The predicted octanol–water partition coefficient (Wildman–Crippen LogP) is 4.93. The Labute approximate surface area is 174 Å². The number of aromatic nitrogens is 4. The summed E-state index contributed by atoms with van der Waals surface area (Å²) in [5.74, 6) is 0.206. The van der Waals surface area contributed by atoms with E-state index in [0.717, 1.165) is 0 Å². The van der Waals surface area contributed by atoms with Crippen molar-refractivity contribution in [3.63, 3.8) is 0 Å². The molecule has 148 valence electrons. The van der Waals surface area contributed by atoms with Gasteiger partial charge in [-0.25, -0.2) is 14.1 Å². The van der Waals surface area contributed by atoms with Gasteiger partial charge in [0.05, 0.1) is 23.8 Å². The summed E-state index contributed by atoms with van der Waals surface area (Å²) in [6.07, 6.45) is 2.94. The van der Waals surface area contributed by atoms with Gasteiger partial charge in [-0.1, -0.05) is 17.7 Å². The highest BCUT2D eigenvalue weighted by atomic mass is 35.5. The largest absolute Gasteiger partial charge is 0.461 e. The summed E-state index contributed by atoms with van der Waals surface area (Å²) < 4.78 is 22.7. The van der Waals surface area contributed by atoms with Crippen molar-refractivity contribution in [2.75, 3.05) is 0 Å². The number of fused-ring (bicyclic) bond motifs is 1. The SMILES string of the molecule is Cc1ccc(-n2c(-c3ccco3)nc3c(cnn3-c3ccc(Cl)cc3)c2=O)cc1F. The van der Waals surface area contributed by atoms with Crippen molar-refractivity contribution in [3.05, 3.63) is 93.8 Å². The first-order chi connectivity index (χ1) is 14.5. The van der Waals surface area contributed by atoms with Crippen LogP contribution in [0.1, 0.15) is 5.56 Å². The number of furan rings is 1. The molecule has 0 bridgehead atoms. The summed E-state index contributed by atoms with van der Waals surface area (Å²) in [7, 11) is 0. The lowest BCUT2D eigenvalue weighted by Gasteiger charge is -2.12. The first-order valence-electron chi connectivity index (χ1n) is 9.10. The minimum atomic E-state index is -0.415. The molecule has 0 aliphatic carbocycles. The van der Waals surface area contributed by atoms with Crippen molar-refractivity contribution in [2.45, 2.75) is 6.92 Å². The van der Waals surface area contributed by atoms with Gasteiger partial charge in [0.1, 0.15) is 11.2 Å². The molecule has 5 rings (SSSR count). The maximum Gasteiger partial charge on any atom is 0.269 e. The van der Waals surface area contributed by atoms with Crippen LogP contribution in [0.2, 0.25) is 5.02 Å². The fourth-order valence-electron chi connectivity index (χ4n) is 3.27. The third-order valence-electron chi connectivity index (χ3n) is 4.83. The average molecular weight is 421 g/mol. The standard InChI is InChI=1S/C22H14ClFN4O2/c1-13-4-7-16(11-18(13)24)27-21(19-3-2-10-30-19)26-20-17(22(27)29)12-25-28(20)15-8-5-14(23)6-9-15/h2-12H,1H3. The van der Waals surface area contributed by atoms with E-state index < -0.39 is 5.82 Å². The number of rotatable bonds is 3. The fraction of sp³-hybridized carbons (Fsp3) is 0.0455. The molecular weight excluding hydrogens is 407 g/mol. The number of aryl methyl sites for hydroxylation is 1. The molecule has 5 aromatic rings. The second-order valence-corrected chi connectivity index (χ2v) is 7.19. The Kier molecular flexibility index (Phi) is 4.25. The highest BCUT2D eigenvalue weighted by Crippen LogP contribution is 2.25. The third-order valence-corrected chi connectivity index (χ3v) is 5.08. The van der Waals surface area contributed by atoms with E-state index in [9.17, 15) is 9.18 Å². The lowest BCUT2D eigenvalue weighted by atomic mass is 10.2. The van der Waals surface area contributed by atoms with Gasteiger partial charge >= 0.3 is 0 Å². The molecule has 0 N–H and O–H groups in total. The monoisotopic (exact) mass is 420 g/mol. The molecule has 0 amide bonds. The number of nitrogens with zero attached hydrogens (tertiary/aromatic N) is 4. The molecule has 6 nitrogen and oxygen atoms in total. The molecule has 0 unspecified atom stereocenters. The summed E-state index contributed by atoms with van der Waals surface area (Å²) in [5.41, 5.74) is 1.51. The Morgan fingerprint density at radius 1 is 1.07 bits per heavy atom. The first kappa shape index (κ1) is 18.3. The van der Waals surface area contributed by atoms with Crippen LogP contribution in [0.5, 0.6) is 0 Å². The molecule has 0 spiro atoms. The highest BCUT2D eigenvalue weighted by molar-refractivity contribution is 6.30. The Bertz CT molecular complexity index is 1440. The molecule has 0 fully saturated rings. The summed E-state index contributed by atoms with van der Waals surface area (Å²) in [6, 6.07) is 15.0. The van der Waals surface area contributed by atoms with Crippen LogP contribution in [0.4, 0.5) is 4.39 Å². The fourth-order valence-corrected chi connectivity index (χ4v) is 3.40. The molecule has 30 heavy (non-hydrogen) atoms. The molecule has 0 atom stereocenters. The minimum absolute atomic E-state index is 0.247. The molecule has 0 aliphatic heterocycles. The van der Waals surface area contributed by atoms with Crippen LogP contribution in [0, 0.1) is 12.7 Å². The van der Waals surface area contributed by atoms with Crippen LogP contribution in [0.15, 0.2) is 76.3 Å². The lowest BCUT2D eigenvalue weighted by molar-refractivity contribution is 0.574. The van der Waals surface area contributed by atoms with Crippen LogP contribution >= 0.6 is 11.6 Å². The quantitative estimate of drug-likeness (QED) is 0.415. The van der Waals surface area contributed by atoms with Crippen molar-refractivity contribution >= 4 is 22.6 Å². The Hall–Kier alpha value is -3.71. The van der Waals surface area contributed by atoms with Gasteiger partial charge in [0.25, 0.3) is 5.56 Å². The zero-order valence-electron chi connectivity index (χ0n) is 15.7. The molecule has 8 heteroatoms. The summed E-state index contributed by atoms with van der Waals surface area (Å²) >= 11 is 5.98. The Balaban J connectivity index is 1.83. The third kappa shape index (κ3) is 2.91. The van der Waals surface area contributed by atoms with Crippen LogP contribution in [-0.4, -0.2) is 19.3 Å². The number of hydrogen-bond acceptors (Lipinski definition) is 4. The zero-order chi connectivity index (χ0) is 20.8. The smallest absolute Gasteiger partial charge is 0.269 e. The van der Waals surface area contributed by atoms with E-state index in [1.807, 2.05) is 0 Å². The normalized spacial score (nSPS) is 11.3. The molecule has 2 aromatic carbocycles. The first-order valence-corrected chi connectivity index (χ1v) is 9.48. The van der Waals surface area contributed by atoms with Crippen LogP contribution < -0.4 is 5.56 Å². The van der Waals surface area contributed by atoms with E-state index in [2.05, 4.69) is 10.1 Å². The van der Waals surface area contributed by atoms with Gasteiger partial charge in [-0.2, -0.15) is 5.10 Å². The van der Waals surface area contributed by atoms with E-state index >= 15 is 0 Å². The summed E-state index contributed by atoms with van der Waals surface area (Å²) in [6.45, 7) is 1.66. The average Bonchev–Trinajstić information content (AvgIpc) is 3.41. The summed E-state index contributed by atoms with van der Waals surface area (Å²) in [5, 5.41) is 5.22. The van der Waals surface area contributed by atoms with Gasteiger partial charge in [-0.15, -0.1) is 0 Å². The van der Waals surface area contributed by atoms with Gasteiger partial charge in [-0.05, 0) is 61.0 Å². The van der Waals surface area contributed by atoms with Crippen LogP contribution in [0.25, 0.3) is 34.0 Å². The summed E-state index contributed by atoms with van der Waals surface area (Å²) in [4.78, 5) is 18.1. The maximum absolute atomic E-state index is 14.3. The number of hydrogen-bond donors (Lipinski definition) is 0. The number of benzene rings is 2. The van der Waals surface area contributed by atoms with E-state index in [4.69, 9.17) is 16.0 Å². The van der Waals surface area contributed by atoms with E-state index in [-0.39, 0.29) is 11.4 Å². The van der Waals surface area contributed by atoms with Crippen molar-refractivity contribution in [2.24, 2.45) is 0 Å². The maximum atomic E-state index is 14.3. The van der Waals surface area contributed by atoms with Gasteiger partial charge < -0.3 is 4.42 Å². The van der Waals surface area contributed by atoms with Crippen molar-refractivity contribution < 1.29 is 8.81 Å². The molecule has 0 saturated carbocycles. The topological polar surface area (TPSA) is 65.8 Å². The minimum Gasteiger partial charge on any atom is -0.461 e. The number of halogens is 2. The molecule has 0 radical (unpaired) electrons. The van der Waals surface area contributed by atoms with Crippen molar-refractivity contribution in [1.29, 1.82) is 0 Å². The Morgan fingerprint density at radius 3 is 2.53 bits per heavy atom. The van der Waals surface area contributed by atoms with Crippen molar-refractivity contribution in [3.8, 4) is 23.0 Å². The highest BCUT2D eigenvalue weighted by Gasteiger charge is 2.20. The van der Waals surface area contributed by atoms with E-state index in [1.165, 1.54) is 23.1 Å². The molecule has 3 aromatic heterocycles. The van der Waals surface area contributed by atoms with Gasteiger partial charge in [0.15, 0.2) is 17.2 Å².